The van der Waals surface area contributed by atoms with Crippen molar-refractivity contribution < 1.29 is 9.59 Å². The van der Waals surface area contributed by atoms with Gasteiger partial charge in [-0.05, 0) is 42.7 Å². The van der Waals surface area contributed by atoms with Gasteiger partial charge in [0.1, 0.15) is 6.54 Å². The van der Waals surface area contributed by atoms with E-state index in [1.165, 1.54) is 17.0 Å². The van der Waals surface area contributed by atoms with E-state index in [1.54, 1.807) is 18.3 Å². The van der Waals surface area contributed by atoms with E-state index in [0.29, 0.717) is 11.5 Å². The molecule has 2 N–H and O–H groups in total. The zero-order valence-electron chi connectivity index (χ0n) is 16.0. The second kappa shape index (κ2) is 7.88. The number of hydrogen-bond acceptors (Lipinski definition) is 4. The maximum Gasteiger partial charge on any atom is 0.324 e. The molecule has 1 fully saturated rings. The fourth-order valence-corrected chi connectivity index (χ4v) is 3.62. The van der Waals surface area contributed by atoms with Gasteiger partial charge in [-0.3, -0.25) is 9.69 Å². The molecule has 1 aromatic heterocycles. The first-order valence-corrected chi connectivity index (χ1v) is 9.83. The number of carbonyl (C=O) groups excluding carboxylic acids is 2. The number of fused-ring (bicyclic) bond motifs is 1. The Morgan fingerprint density at radius 3 is 2.71 bits per heavy atom. The highest BCUT2D eigenvalue weighted by molar-refractivity contribution is 6.08. The molecule has 4 rings (SSSR count). The molecule has 3 heterocycles. The normalized spacial score (nSPS) is 16.7. The molecule has 7 nitrogen and oxygen atoms in total. The molecule has 0 saturated carbocycles. The maximum absolute atomic E-state index is 13.0. The quantitative estimate of drug-likeness (QED) is 0.836. The summed E-state index contributed by atoms with van der Waals surface area (Å²) in [7, 11) is 0. The van der Waals surface area contributed by atoms with Gasteiger partial charge in [0.05, 0.1) is 11.7 Å². The van der Waals surface area contributed by atoms with Crippen molar-refractivity contribution in [1.82, 2.24) is 10.3 Å². The number of amides is 3. The fourth-order valence-electron chi connectivity index (χ4n) is 3.62. The second-order valence-corrected chi connectivity index (χ2v) is 7.23. The van der Waals surface area contributed by atoms with Crippen LogP contribution in [0, 0.1) is 0 Å². The minimum Gasteiger partial charge on any atom is -0.371 e. The van der Waals surface area contributed by atoms with Crippen LogP contribution in [0.1, 0.15) is 37.8 Å². The molecular weight excluding hydrogens is 354 g/mol. The van der Waals surface area contributed by atoms with E-state index in [2.05, 4.69) is 51.7 Å². The van der Waals surface area contributed by atoms with Gasteiger partial charge in [0.2, 0.25) is 5.91 Å². The molecule has 1 saturated heterocycles. The summed E-state index contributed by atoms with van der Waals surface area (Å²) in [6.07, 6.45) is 4.63. The van der Waals surface area contributed by atoms with Crippen LogP contribution in [-0.4, -0.2) is 36.6 Å². The molecule has 0 radical (unpaired) electrons. The van der Waals surface area contributed by atoms with Crippen molar-refractivity contribution >= 4 is 29.1 Å². The van der Waals surface area contributed by atoms with Gasteiger partial charge in [0, 0.05) is 25.0 Å². The number of benzene rings is 1. The van der Waals surface area contributed by atoms with E-state index in [9.17, 15) is 9.59 Å². The van der Waals surface area contributed by atoms with Gasteiger partial charge in [-0.25, -0.2) is 9.78 Å². The van der Waals surface area contributed by atoms with Crippen LogP contribution in [0.2, 0.25) is 0 Å². The second-order valence-electron chi connectivity index (χ2n) is 7.23. The first-order chi connectivity index (χ1) is 13.7. The highest BCUT2D eigenvalue weighted by atomic mass is 16.2. The number of rotatable bonds is 5. The van der Waals surface area contributed by atoms with E-state index in [1.807, 2.05) is 0 Å². The number of urea groups is 1. The average molecular weight is 379 g/mol. The summed E-state index contributed by atoms with van der Waals surface area (Å²) < 4.78 is 0. The Bertz CT molecular complexity index is 863. The molecular formula is C21H25N5O2. The number of aromatic nitrogens is 1. The number of nitrogens with zero attached hydrogens (tertiary/aromatic N) is 3. The van der Waals surface area contributed by atoms with Crippen molar-refractivity contribution in [3.8, 4) is 0 Å². The predicted molar refractivity (Wildman–Crippen MR) is 110 cm³/mol. The lowest BCUT2D eigenvalue weighted by atomic mass is 10.0. The minimum absolute atomic E-state index is 0.0391. The number of hydrogen-bond donors (Lipinski definition) is 2. The molecule has 0 spiro atoms. The summed E-state index contributed by atoms with van der Waals surface area (Å²) in [6.45, 7) is 4.27. The highest BCUT2D eigenvalue weighted by Crippen LogP contribution is 2.28. The summed E-state index contributed by atoms with van der Waals surface area (Å²) >= 11 is 0. The standard InChI is InChI=1S/C21H25N5O2/c1-2-5-17(15-7-9-16(10-8-15)25-12-4-13-25)24-21(28)26-14-19(27)23-18-6-3-11-22-20(18)26/h3,6-11,17H,2,4-5,12-14H2,1H3,(H,23,27)(H,24,28). The number of carbonyl (C=O) groups is 2. The van der Waals surface area contributed by atoms with Crippen LogP contribution in [0.4, 0.5) is 22.0 Å². The third kappa shape index (κ3) is 3.65. The minimum atomic E-state index is -0.305. The monoisotopic (exact) mass is 379 g/mol. The van der Waals surface area contributed by atoms with Crippen molar-refractivity contribution in [3.63, 3.8) is 0 Å². The Labute approximate surface area is 164 Å². The summed E-state index contributed by atoms with van der Waals surface area (Å²) in [4.78, 5) is 33.0. The van der Waals surface area contributed by atoms with Crippen LogP contribution in [0.25, 0.3) is 0 Å². The molecule has 28 heavy (non-hydrogen) atoms. The largest absolute Gasteiger partial charge is 0.371 e. The van der Waals surface area contributed by atoms with E-state index in [4.69, 9.17) is 0 Å². The summed E-state index contributed by atoms with van der Waals surface area (Å²) in [5.74, 6) is 0.254. The van der Waals surface area contributed by atoms with Gasteiger partial charge in [-0.2, -0.15) is 0 Å². The van der Waals surface area contributed by atoms with Gasteiger partial charge in [-0.15, -0.1) is 0 Å². The van der Waals surface area contributed by atoms with Crippen LogP contribution in [0.5, 0.6) is 0 Å². The van der Waals surface area contributed by atoms with E-state index in [0.717, 1.165) is 31.5 Å². The molecule has 0 aliphatic carbocycles. The third-order valence-electron chi connectivity index (χ3n) is 5.26. The summed E-state index contributed by atoms with van der Waals surface area (Å²) in [6, 6.07) is 11.5. The molecule has 2 aromatic rings. The van der Waals surface area contributed by atoms with Crippen LogP contribution in [0.3, 0.4) is 0 Å². The molecule has 1 atom stereocenters. The van der Waals surface area contributed by atoms with Crippen LogP contribution in [0.15, 0.2) is 42.6 Å². The Morgan fingerprint density at radius 1 is 1.25 bits per heavy atom. The molecule has 3 amide bonds. The molecule has 2 aliphatic heterocycles. The zero-order chi connectivity index (χ0) is 19.5. The van der Waals surface area contributed by atoms with Gasteiger partial charge in [-0.1, -0.05) is 25.5 Å². The molecule has 1 aromatic carbocycles. The molecule has 2 aliphatic rings. The summed E-state index contributed by atoms with van der Waals surface area (Å²) in [5.41, 5.74) is 2.85. The lowest BCUT2D eigenvalue weighted by Gasteiger charge is -2.33. The highest BCUT2D eigenvalue weighted by Gasteiger charge is 2.29. The number of anilines is 3. The Kier molecular flexibility index (Phi) is 5.14. The molecule has 1 unspecified atom stereocenters. The van der Waals surface area contributed by atoms with E-state index < -0.39 is 0 Å². The number of nitrogens with one attached hydrogen (secondary N) is 2. The smallest absolute Gasteiger partial charge is 0.324 e. The van der Waals surface area contributed by atoms with Crippen LogP contribution < -0.4 is 20.4 Å². The van der Waals surface area contributed by atoms with Crippen molar-refractivity contribution in [1.29, 1.82) is 0 Å². The van der Waals surface area contributed by atoms with Crippen molar-refractivity contribution in [2.45, 2.75) is 32.2 Å². The summed E-state index contributed by atoms with van der Waals surface area (Å²) in [5, 5.41) is 5.85. The van der Waals surface area contributed by atoms with Crippen LogP contribution >= 0.6 is 0 Å². The molecule has 7 heteroatoms. The van der Waals surface area contributed by atoms with E-state index in [-0.39, 0.29) is 24.5 Å². The van der Waals surface area contributed by atoms with Gasteiger partial charge >= 0.3 is 6.03 Å². The topological polar surface area (TPSA) is 77.6 Å². The van der Waals surface area contributed by atoms with Gasteiger partial charge < -0.3 is 15.5 Å². The van der Waals surface area contributed by atoms with Crippen molar-refractivity contribution in [2.75, 3.05) is 34.8 Å². The Morgan fingerprint density at radius 2 is 2.04 bits per heavy atom. The average Bonchev–Trinajstić information content (AvgIpc) is 2.66. The first-order valence-electron chi connectivity index (χ1n) is 9.83. The predicted octanol–water partition coefficient (Wildman–Crippen LogP) is 3.30. The van der Waals surface area contributed by atoms with Crippen molar-refractivity contribution in [2.24, 2.45) is 0 Å². The van der Waals surface area contributed by atoms with Crippen molar-refractivity contribution in [3.05, 3.63) is 48.2 Å². The van der Waals surface area contributed by atoms with Gasteiger partial charge in [0.25, 0.3) is 0 Å². The van der Waals surface area contributed by atoms with E-state index >= 15 is 0 Å². The Hall–Kier alpha value is -3.09. The Balaban J connectivity index is 1.51. The SMILES string of the molecule is CCCC(NC(=O)N1CC(=O)Nc2cccnc21)c1ccc(N2CCC2)cc1. The number of pyridine rings is 1. The third-order valence-corrected chi connectivity index (χ3v) is 5.26. The van der Waals surface area contributed by atoms with Crippen LogP contribution in [-0.2, 0) is 4.79 Å². The zero-order valence-corrected chi connectivity index (χ0v) is 16.0. The lowest BCUT2D eigenvalue weighted by molar-refractivity contribution is -0.115. The fraction of sp³-hybridized carbons (Fsp3) is 0.381. The molecule has 146 valence electrons. The molecule has 0 bridgehead atoms. The first kappa shape index (κ1) is 18.3. The maximum atomic E-state index is 13.0. The van der Waals surface area contributed by atoms with Gasteiger partial charge in [0.15, 0.2) is 5.82 Å². The lowest BCUT2D eigenvalue weighted by Crippen LogP contribution is -2.48.